The van der Waals surface area contributed by atoms with Crippen LogP contribution < -0.4 is 34.7 Å². The number of carboxylic acids is 1. The fraction of sp³-hybridized carbons (Fsp3) is 0.571. The van der Waals surface area contributed by atoms with E-state index in [4.69, 9.17) is 15.3 Å². The van der Waals surface area contributed by atoms with Gasteiger partial charge in [0.25, 0.3) is 0 Å². The Morgan fingerprint density at radius 2 is 2.00 bits per heavy atom. The minimum absolute atomic E-state index is 0. The third kappa shape index (κ3) is 3.05. The third-order valence-corrected chi connectivity index (χ3v) is 1.81. The summed E-state index contributed by atoms with van der Waals surface area (Å²) in [4.78, 5) is 10.3. The summed E-state index contributed by atoms with van der Waals surface area (Å²) in [5, 5.41) is 37.3. The number of carbonyl (C=O) groups excluding carboxylic acids is 1. The largest absolute Gasteiger partial charge is 1.00 e. The maximum Gasteiger partial charge on any atom is 1.00 e. The van der Waals surface area contributed by atoms with Gasteiger partial charge in [-0.25, -0.2) is 0 Å². The molecule has 0 radical (unpaired) electrons. The Kier molecular flexibility index (Phi) is 5.13. The van der Waals surface area contributed by atoms with E-state index in [9.17, 15) is 9.90 Å². The number of aliphatic carboxylic acids is 1. The molecule has 0 saturated carbocycles. The summed E-state index contributed by atoms with van der Waals surface area (Å²) in [6.07, 6.45) is -3.10. The third-order valence-electron chi connectivity index (χ3n) is 1.81. The molecule has 68 valence electrons. The molecule has 0 heterocycles. The molecule has 1 rings (SSSR count). The average Bonchev–Trinajstić information content (AvgIpc) is 1.99. The minimum Gasteiger partial charge on any atom is -0.545 e. The van der Waals surface area contributed by atoms with Crippen molar-refractivity contribution in [3.63, 3.8) is 0 Å². The van der Waals surface area contributed by atoms with Gasteiger partial charge < -0.3 is 25.2 Å². The first-order chi connectivity index (χ1) is 5.52. The van der Waals surface area contributed by atoms with Gasteiger partial charge in [0.1, 0.15) is 12.2 Å². The van der Waals surface area contributed by atoms with Gasteiger partial charge in [-0.2, -0.15) is 0 Å². The molecule has 3 N–H and O–H groups in total. The van der Waals surface area contributed by atoms with Gasteiger partial charge in [-0.3, -0.25) is 0 Å². The van der Waals surface area contributed by atoms with Crippen LogP contribution in [0.3, 0.4) is 0 Å². The van der Waals surface area contributed by atoms with Gasteiger partial charge in [-0.05, 0) is 11.6 Å². The summed E-state index contributed by atoms with van der Waals surface area (Å²) in [5.41, 5.74) is -0.180. The molecule has 0 fully saturated rings. The number of hydrogen-bond donors (Lipinski definition) is 3. The molecule has 6 heteroatoms. The zero-order chi connectivity index (χ0) is 9.30. The van der Waals surface area contributed by atoms with Gasteiger partial charge >= 0.3 is 29.6 Å². The smallest absolute Gasteiger partial charge is 0.545 e. The normalized spacial score (nSPS) is 33.2. The van der Waals surface area contributed by atoms with Crippen LogP contribution in [-0.2, 0) is 4.79 Å². The summed E-state index contributed by atoms with van der Waals surface area (Å²) in [5.74, 6) is -1.43. The van der Waals surface area contributed by atoms with E-state index in [0.717, 1.165) is 6.08 Å². The summed E-state index contributed by atoms with van der Waals surface area (Å²) >= 11 is 0. The van der Waals surface area contributed by atoms with Crippen LogP contribution in [-0.4, -0.2) is 39.6 Å². The Morgan fingerprint density at radius 1 is 1.46 bits per heavy atom. The first kappa shape index (κ1) is 13.1. The number of carboxylic acid groups (broad SMARTS) is 1. The van der Waals surface area contributed by atoms with Crippen molar-refractivity contribution >= 4 is 5.97 Å². The van der Waals surface area contributed by atoms with Crippen molar-refractivity contribution in [2.45, 2.75) is 24.7 Å². The van der Waals surface area contributed by atoms with E-state index in [2.05, 4.69) is 0 Å². The molecule has 1 aliphatic rings. The van der Waals surface area contributed by atoms with Gasteiger partial charge in [-0.1, -0.05) is 0 Å². The second-order valence-corrected chi connectivity index (χ2v) is 2.73. The molecule has 0 spiro atoms. The van der Waals surface area contributed by atoms with Crippen LogP contribution in [0.25, 0.3) is 0 Å². The van der Waals surface area contributed by atoms with E-state index in [-0.39, 0.29) is 41.6 Å². The molecule has 0 saturated heterocycles. The predicted molar refractivity (Wildman–Crippen MR) is 35.7 cm³/mol. The number of carbonyl (C=O) groups is 1. The summed E-state index contributed by atoms with van der Waals surface area (Å²) < 4.78 is 0. The van der Waals surface area contributed by atoms with Gasteiger partial charge in [0.05, 0.1) is 12.1 Å². The van der Waals surface area contributed by atoms with Crippen LogP contribution in [0, 0.1) is 0 Å². The number of aliphatic hydroxyl groups is 3. The minimum atomic E-state index is -1.43. The Balaban J connectivity index is 0.00000144. The van der Waals surface area contributed by atoms with Gasteiger partial charge in [0.15, 0.2) is 0 Å². The van der Waals surface area contributed by atoms with Crippen molar-refractivity contribution < 1.29 is 54.8 Å². The zero-order valence-corrected chi connectivity index (χ0v) is 9.17. The Labute approximate surface area is 97.0 Å². The molecule has 3 atom stereocenters. The molecule has 3 unspecified atom stereocenters. The van der Waals surface area contributed by atoms with Crippen molar-refractivity contribution in [3.05, 3.63) is 11.6 Å². The Morgan fingerprint density at radius 3 is 2.38 bits per heavy atom. The SMILES string of the molecule is O=C([O-])C1=CC(O)C(O)C(O)C1.[Na+]. The van der Waals surface area contributed by atoms with Crippen LogP contribution in [0.2, 0.25) is 0 Å². The van der Waals surface area contributed by atoms with Gasteiger partial charge in [-0.15, -0.1) is 0 Å². The molecule has 0 amide bonds. The zero-order valence-electron chi connectivity index (χ0n) is 7.17. The summed E-state index contributed by atoms with van der Waals surface area (Å²) in [7, 11) is 0. The van der Waals surface area contributed by atoms with Crippen molar-refractivity contribution in [3.8, 4) is 0 Å². The van der Waals surface area contributed by atoms with E-state index in [0.29, 0.717) is 0 Å². The van der Waals surface area contributed by atoms with Crippen molar-refractivity contribution in [2.75, 3.05) is 0 Å². The van der Waals surface area contributed by atoms with Crippen LogP contribution >= 0.6 is 0 Å². The van der Waals surface area contributed by atoms with Crippen LogP contribution in [0.15, 0.2) is 11.6 Å². The number of rotatable bonds is 1. The molecule has 0 aromatic rings. The Hall–Kier alpha value is 0.0900. The average molecular weight is 196 g/mol. The van der Waals surface area contributed by atoms with E-state index in [1.165, 1.54) is 0 Å². The second kappa shape index (κ2) is 5.09. The topological polar surface area (TPSA) is 101 Å². The molecule has 0 aromatic heterocycles. The first-order valence-electron chi connectivity index (χ1n) is 3.48. The van der Waals surface area contributed by atoms with Crippen LogP contribution in [0.5, 0.6) is 0 Å². The van der Waals surface area contributed by atoms with E-state index >= 15 is 0 Å². The standard InChI is InChI=1S/C7H10O5.Na/c8-4-1-3(7(11)12)2-5(9)6(4)10;/h1,4-6,8-10H,2H2,(H,11,12);/q;+1/p-1. The van der Waals surface area contributed by atoms with Crippen molar-refractivity contribution in [2.24, 2.45) is 0 Å². The maximum atomic E-state index is 10.3. The Bertz CT molecular complexity index is 227. The number of aliphatic hydroxyl groups excluding tert-OH is 3. The maximum absolute atomic E-state index is 10.3. The first-order valence-corrected chi connectivity index (χ1v) is 3.48. The van der Waals surface area contributed by atoms with Gasteiger partial charge in [0, 0.05) is 6.42 Å². The summed E-state index contributed by atoms with van der Waals surface area (Å²) in [6.45, 7) is 0. The molecule has 0 aliphatic heterocycles. The number of hydrogen-bond acceptors (Lipinski definition) is 5. The van der Waals surface area contributed by atoms with Gasteiger partial charge in [0.2, 0.25) is 0 Å². The monoisotopic (exact) mass is 196 g/mol. The molecule has 5 nitrogen and oxygen atoms in total. The summed E-state index contributed by atoms with van der Waals surface area (Å²) in [6, 6.07) is 0. The molecule has 0 aromatic carbocycles. The van der Waals surface area contributed by atoms with E-state index in [1.54, 1.807) is 0 Å². The molecular formula is C7H9NaO5. The van der Waals surface area contributed by atoms with Crippen molar-refractivity contribution in [1.82, 2.24) is 0 Å². The molecule has 13 heavy (non-hydrogen) atoms. The quantitative estimate of drug-likeness (QED) is 0.363. The van der Waals surface area contributed by atoms with Crippen LogP contribution in [0.1, 0.15) is 6.42 Å². The van der Waals surface area contributed by atoms with E-state index < -0.39 is 24.3 Å². The predicted octanol–water partition coefficient (Wildman–Crippen LogP) is -5.85. The molecular weight excluding hydrogens is 187 g/mol. The fourth-order valence-corrected chi connectivity index (χ4v) is 1.10. The van der Waals surface area contributed by atoms with Crippen LogP contribution in [0.4, 0.5) is 0 Å². The van der Waals surface area contributed by atoms with Crippen molar-refractivity contribution in [1.29, 1.82) is 0 Å². The second-order valence-electron chi connectivity index (χ2n) is 2.73. The fourth-order valence-electron chi connectivity index (χ4n) is 1.10. The van der Waals surface area contributed by atoms with E-state index in [1.807, 2.05) is 0 Å². The molecule has 1 aliphatic carbocycles. The molecule has 0 bridgehead atoms.